The van der Waals surface area contributed by atoms with Gasteiger partial charge >= 0.3 is 5.97 Å². The Kier molecular flexibility index (Phi) is 13.0. The molecule has 29 heavy (non-hydrogen) atoms. The lowest BCUT2D eigenvalue weighted by Crippen LogP contribution is -2.38. The molecule has 1 fully saturated rings. The van der Waals surface area contributed by atoms with Gasteiger partial charge in [0, 0.05) is 12.4 Å². The Morgan fingerprint density at radius 2 is 2.07 bits per heavy atom. The normalized spacial score (nSPS) is 26.4. The van der Waals surface area contributed by atoms with Crippen molar-refractivity contribution in [3.8, 4) is 0 Å². The van der Waals surface area contributed by atoms with Gasteiger partial charge in [-0.05, 0) is 30.6 Å². The van der Waals surface area contributed by atoms with Crippen molar-refractivity contribution >= 4 is 35.2 Å². The minimum Gasteiger partial charge on any atom is -0.480 e. The van der Waals surface area contributed by atoms with Crippen molar-refractivity contribution in [3.05, 3.63) is 30.1 Å². The van der Waals surface area contributed by atoms with Gasteiger partial charge in [0.1, 0.15) is 18.2 Å². The smallest absolute Gasteiger partial charge is 0.320 e. The van der Waals surface area contributed by atoms with E-state index in [9.17, 15) is 9.59 Å². The summed E-state index contributed by atoms with van der Waals surface area (Å²) in [5, 5.41) is 41.4. The fourth-order valence-electron chi connectivity index (χ4n) is 1.79. The van der Waals surface area contributed by atoms with E-state index in [4.69, 9.17) is 48.6 Å². The maximum absolute atomic E-state index is 10.4. The van der Waals surface area contributed by atoms with Gasteiger partial charge in [0.2, 0.25) is 5.91 Å². The number of pyridine rings is 1. The van der Waals surface area contributed by atoms with Crippen LogP contribution < -0.4 is 11.5 Å². The second-order valence-corrected chi connectivity index (χ2v) is 7.24. The number of aromatic nitrogens is 1. The van der Waals surface area contributed by atoms with Crippen LogP contribution in [0.4, 0.5) is 0 Å². The van der Waals surface area contributed by atoms with Crippen LogP contribution in [-0.2, 0) is 9.53 Å². The molecule has 0 radical (unpaired) electrons. The van der Waals surface area contributed by atoms with E-state index in [0.717, 1.165) is 5.75 Å². The van der Waals surface area contributed by atoms with E-state index in [2.05, 4.69) is 9.72 Å². The monoisotopic (exact) mass is 455 g/mol. The first-order valence-electron chi connectivity index (χ1n) is 8.21. The van der Waals surface area contributed by atoms with Crippen molar-refractivity contribution in [3.63, 3.8) is 0 Å². The fraction of sp³-hybridized carbons (Fsp3) is 0.562. The van der Waals surface area contributed by atoms with Gasteiger partial charge in [-0.15, -0.1) is 0 Å². The third-order valence-electron chi connectivity index (χ3n) is 3.46. The molecule has 0 aliphatic carbocycles. The third-order valence-corrected chi connectivity index (χ3v) is 4.42. The van der Waals surface area contributed by atoms with Crippen LogP contribution in [0.1, 0.15) is 16.8 Å². The van der Waals surface area contributed by atoms with Gasteiger partial charge in [-0.25, -0.2) is 0 Å². The van der Waals surface area contributed by atoms with Crippen LogP contribution in [0.5, 0.6) is 0 Å². The standard InChI is InChI=1S/C6H6N2O.C5H9ClO5.C5H11NO2S/c7-6(9)5-2-1-3-8-4-5;6-5(10)4(9)3(8)2(1-7)11-5;1-9-3-2-4(6)5(7)8/h1-4H,(H2,7,9);2-4,7-10H,1H2;4H,2-3,6H2,1H3,(H,7,8)/t;2-,3-,4-,5?;4-/m.10/s1. The number of ether oxygens (including phenoxy) is 1. The summed E-state index contributed by atoms with van der Waals surface area (Å²) in [6.45, 7) is -0.507. The molecule has 1 aromatic rings. The summed E-state index contributed by atoms with van der Waals surface area (Å²) in [7, 11) is 0. The number of hydrogen-bond donors (Lipinski definition) is 7. The molecule has 2 rings (SSSR count). The number of aliphatic hydroxyl groups excluding tert-OH is 3. The predicted octanol–water partition coefficient (Wildman–Crippen LogP) is -1.68. The van der Waals surface area contributed by atoms with E-state index in [0.29, 0.717) is 12.0 Å². The molecule has 0 aromatic carbocycles. The molecule has 13 heteroatoms. The molecule has 5 atom stereocenters. The number of thioether (sulfide) groups is 1. The quantitative estimate of drug-likeness (QED) is 0.240. The van der Waals surface area contributed by atoms with Crippen molar-refractivity contribution in [2.24, 2.45) is 11.5 Å². The Balaban J connectivity index is 0.000000409. The highest BCUT2D eigenvalue weighted by atomic mass is 35.5. The lowest BCUT2D eigenvalue weighted by atomic mass is 10.1. The number of carboxylic acid groups (broad SMARTS) is 1. The van der Waals surface area contributed by atoms with Crippen LogP contribution in [0.25, 0.3) is 0 Å². The summed E-state index contributed by atoms with van der Waals surface area (Å²) in [5.41, 5.74) is 10.6. The number of carbonyl (C=O) groups excluding carboxylic acids is 1. The summed E-state index contributed by atoms with van der Waals surface area (Å²) in [6, 6.07) is 2.60. The molecule has 11 nitrogen and oxygen atoms in total. The Hall–Kier alpha value is -1.51. The van der Waals surface area contributed by atoms with Gasteiger partial charge in [0.15, 0.2) is 6.10 Å². The SMILES string of the molecule is CSCC[C@H](N)C(=O)O.NC(=O)c1cccnc1.OC[C@H]1OC(O)(Cl)[C@H](O)[C@@H]1O. The highest BCUT2D eigenvalue weighted by Crippen LogP contribution is 2.31. The number of amides is 1. The summed E-state index contributed by atoms with van der Waals surface area (Å²) >= 11 is 6.80. The third kappa shape index (κ3) is 10.2. The van der Waals surface area contributed by atoms with Gasteiger partial charge in [-0.1, -0.05) is 11.6 Å². The predicted molar refractivity (Wildman–Crippen MR) is 106 cm³/mol. The summed E-state index contributed by atoms with van der Waals surface area (Å²) in [4.78, 5) is 24.2. The lowest BCUT2D eigenvalue weighted by Gasteiger charge is -2.16. The molecule has 166 valence electrons. The number of halogens is 1. The topological polar surface area (TPSA) is 209 Å². The number of rotatable bonds is 6. The number of hydrogen-bond acceptors (Lipinski definition) is 10. The second kappa shape index (κ2) is 13.7. The number of aliphatic carboxylic acids is 1. The van der Waals surface area contributed by atoms with E-state index in [-0.39, 0.29) is 0 Å². The van der Waals surface area contributed by atoms with Crippen LogP contribution in [0.15, 0.2) is 24.5 Å². The zero-order valence-electron chi connectivity index (χ0n) is 15.6. The Morgan fingerprint density at radius 3 is 2.34 bits per heavy atom. The van der Waals surface area contributed by atoms with Gasteiger partial charge in [-0.2, -0.15) is 11.8 Å². The zero-order chi connectivity index (χ0) is 22.6. The average molecular weight is 456 g/mol. The number of primary amides is 1. The van der Waals surface area contributed by atoms with E-state index < -0.39 is 48.1 Å². The summed E-state index contributed by atoms with van der Waals surface area (Å²) in [5.74, 6) is -0.542. The molecule has 1 aliphatic rings. The number of carbonyl (C=O) groups is 2. The highest BCUT2D eigenvalue weighted by molar-refractivity contribution is 7.98. The molecule has 2 heterocycles. The molecule has 0 bridgehead atoms. The first-order chi connectivity index (χ1) is 13.5. The number of aliphatic hydroxyl groups is 4. The molecule has 0 spiro atoms. The molecular weight excluding hydrogens is 430 g/mol. The van der Waals surface area contributed by atoms with E-state index in [1.165, 1.54) is 6.20 Å². The minimum absolute atomic E-state index is 0.442. The summed E-state index contributed by atoms with van der Waals surface area (Å²) < 4.78 is 4.49. The molecule has 9 N–H and O–H groups in total. The number of carboxylic acids is 1. The van der Waals surface area contributed by atoms with Crippen LogP contribution in [-0.4, -0.2) is 90.6 Å². The van der Waals surface area contributed by atoms with Crippen molar-refractivity contribution < 1.29 is 39.9 Å². The van der Waals surface area contributed by atoms with Crippen molar-refractivity contribution in [2.45, 2.75) is 36.0 Å². The van der Waals surface area contributed by atoms with Crippen LogP contribution >= 0.6 is 23.4 Å². The Labute approximate surface area is 176 Å². The Bertz CT molecular complexity index is 625. The van der Waals surface area contributed by atoms with Crippen LogP contribution in [0.3, 0.4) is 0 Å². The first-order valence-corrected chi connectivity index (χ1v) is 9.98. The molecule has 1 unspecified atom stereocenters. The summed E-state index contributed by atoms with van der Waals surface area (Å²) in [6.07, 6.45) is 1.51. The van der Waals surface area contributed by atoms with Gasteiger partial charge < -0.3 is 41.7 Å². The highest BCUT2D eigenvalue weighted by Gasteiger charge is 2.52. The maximum Gasteiger partial charge on any atom is 0.320 e. The van der Waals surface area contributed by atoms with Crippen LogP contribution in [0, 0.1) is 0 Å². The van der Waals surface area contributed by atoms with E-state index >= 15 is 0 Å². The van der Waals surface area contributed by atoms with E-state index in [1.807, 2.05) is 6.26 Å². The van der Waals surface area contributed by atoms with Gasteiger partial charge in [-0.3, -0.25) is 14.6 Å². The molecule has 0 saturated carbocycles. The van der Waals surface area contributed by atoms with Gasteiger partial charge in [0.05, 0.1) is 12.2 Å². The second-order valence-electron chi connectivity index (χ2n) is 5.72. The molecule has 1 aliphatic heterocycles. The zero-order valence-corrected chi connectivity index (χ0v) is 17.2. The molecule has 1 aromatic heterocycles. The first kappa shape index (κ1) is 27.5. The number of alkyl halides is 1. The minimum atomic E-state index is -2.28. The lowest BCUT2D eigenvalue weighted by molar-refractivity contribution is -0.169. The van der Waals surface area contributed by atoms with Crippen molar-refractivity contribution in [1.29, 1.82) is 0 Å². The Morgan fingerprint density at radius 1 is 1.45 bits per heavy atom. The van der Waals surface area contributed by atoms with Crippen molar-refractivity contribution in [2.75, 3.05) is 18.6 Å². The number of nitrogens with two attached hydrogens (primary N) is 2. The largest absolute Gasteiger partial charge is 0.480 e. The molecule has 1 amide bonds. The van der Waals surface area contributed by atoms with E-state index in [1.54, 1.807) is 30.1 Å². The molecule has 1 saturated heterocycles. The van der Waals surface area contributed by atoms with Gasteiger partial charge in [0.25, 0.3) is 5.25 Å². The average Bonchev–Trinajstić information content (AvgIpc) is 2.90. The maximum atomic E-state index is 10.4. The fourth-order valence-corrected chi connectivity index (χ4v) is 2.52. The van der Waals surface area contributed by atoms with Crippen molar-refractivity contribution in [1.82, 2.24) is 4.98 Å². The van der Waals surface area contributed by atoms with Crippen LogP contribution in [0.2, 0.25) is 0 Å². The molecular formula is C16H26ClN3O8S. The number of nitrogens with zero attached hydrogens (tertiary/aromatic N) is 1.